The van der Waals surface area contributed by atoms with Crippen LogP contribution < -0.4 is 16.8 Å². The SMILES string of the molecule is CC1=C(N)C(N)N=CN1. The van der Waals surface area contributed by atoms with Crippen LogP contribution in [0.3, 0.4) is 0 Å². The van der Waals surface area contributed by atoms with Gasteiger partial charge < -0.3 is 16.8 Å². The van der Waals surface area contributed by atoms with E-state index in [-0.39, 0.29) is 6.17 Å². The summed E-state index contributed by atoms with van der Waals surface area (Å²) >= 11 is 0. The topological polar surface area (TPSA) is 76.4 Å². The van der Waals surface area contributed by atoms with Crippen molar-refractivity contribution in [3.8, 4) is 0 Å². The fourth-order valence-corrected chi connectivity index (χ4v) is 0.600. The third-order valence-corrected chi connectivity index (χ3v) is 1.27. The predicted molar refractivity (Wildman–Crippen MR) is 36.5 cm³/mol. The molecule has 1 heterocycles. The second-order valence-corrected chi connectivity index (χ2v) is 1.95. The van der Waals surface area contributed by atoms with Crippen LogP contribution in [0.5, 0.6) is 0 Å². The number of allylic oxidation sites excluding steroid dienone is 1. The minimum Gasteiger partial charge on any atom is -0.398 e. The molecule has 0 saturated carbocycles. The standard InChI is InChI=1S/C5H10N4/c1-3-4(6)5(7)9-2-8-3/h2,5H,6-7H2,1H3,(H,8,9). The molecule has 0 bridgehead atoms. The first-order chi connectivity index (χ1) is 4.22. The van der Waals surface area contributed by atoms with E-state index in [0.717, 1.165) is 5.70 Å². The molecule has 1 aliphatic heterocycles. The molecule has 5 N–H and O–H groups in total. The molecule has 0 aromatic rings. The summed E-state index contributed by atoms with van der Waals surface area (Å²) in [6, 6.07) is 0. The van der Waals surface area contributed by atoms with Crippen LogP contribution in [0.1, 0.15) is 6.92 Å². The van der Waals surface area contributed by atoms with E-state index in [1.807, 2.05) is 6.92 Å². The zero-order valence-corrected chi connectivity index (χ0v) is 5.26. The summed E-state index contributed by atoms with van der Waals surface area (Å²) in [6.07, 6.45) is 1.20. The van der Waals surface area contributed by atoms with E-state index in [0.29, 0.717) is 5.70 Å². The fourth-order valence-electron chi connectivity index (χ4n) is 0.600. The van der Waals surface area contributed by atoms with E-state index >= 15 is 0 Å². The van der Waals surface area contributed by atoms with Gasteiger partial charge in [0.25, 0.3) is 0 Å². The quantitative estimate of drug-likeness (QED) is 0.393. The summed E-state index contributed by atoms with van der Waals surface area (Å²) in [5, 5.41) is 2.85. The Hall–Kier alpha value is -1.03. The summed E-state index contributed by atoms with van der Waals surface area (Å²) < 4.78 is 0. The van der Waals surface area contributed by atoms with Crippen molar-refractivity contribution in [2.75, 3.05) is 0 Å². The number of rotatable bonds is 0. The highest BCUT2D eigenvalue weighted by molar-refractivity contribution is 5.60. The van der Waals surface area contributed by atoms with Crippen molar-refractivity contribution in [1.29, 1.82) is 0 Å². The Bertz CT molecular complexity index is 170. The van der Waals surface area contributed by atoms with Gasteiger partial charge in [0, 0.05) is 5.70 Å². The summed E-state index contributed by atoms with van der Waals surface area (Å²) in [5.74, 6) is 0. The Balaban J connectivity index is 2.79. The van der Waals surface area contributed by atoms with Crippen molar-refractivity contribution in [3.63, 3.8) is 0 Å². The fraction of sp³-hybridized carbons (Fsp3) is 0.400. The minimum atomic E-state index is -0.355. The average molecular weight is 126 g/mol. The predicted octanol–water partition coefficient (Wildman–Crippen LogP) is -0.907. The maximum Gasteiger partial charge on any atom is 0.140 e. The highest BCUT2D eigenvalue weighted by Gasteiger charge is 2.08. The van der Waals surface area contributed by atoms with Crippen LogP contribution in [0.4, 0.5) is 0 Å². The van der Waals surface area contributed by atoms with Gasteiger partial charge in [0.15, 0.2) is 0 Å². The van der Waals surface area contributed by atoms with Crippen molar-refractivity contribution in [1.82, 2.24) is 5.32 Å². The Morgan fingerprint density at radius 1 is 1.78 bits per heavy atom. The van der Waals surface area contributed by atoms with Crippen LogP contribution in [0.2, 0.25) is 0 Å². The lowest BCUT2D eigenvalue weighted by Gasteiger charge is -2.15. The maximum atomic E-state index is 5.50. The van der Waals surface area contributed by atoms with Gasteiger partial charge in [-0.1, -0.05) is 0 Å². The summed E-state index contributed by atoms with van der Waals surface area (Å²) in [7, 11) is 0. The zero-order valence-electron chi connectivity index (χ0n) is 5.26. The molecule has 0 saturated heterocycles. The van der Waals surface area contributed by atoms with Crippen LogP contribution >= 0.6 is 0 Å². The lowest BCUT2D eigenvalue weighted by Crippen LogP contribution is -2.34. The average Bonchev–Trinajstić information content (AvgIpc) is 1.83. The summed E-state index contributed by atoms with van der Waals surface area (Å²) in [5.41, 5.74) is 12.4. The van der Waals surface area contributed by atoms with Crippen molar-refractivity contribution in [3.05, 3.63) is 11.4 Å². The van der Waals surface area contributed by atoms with Crippen LogP contribution in [-0.4, -0.2) is 12.5 Å². The van der Waals surface area contributed by atoms with E-state index in [9.17, 15) is 0 Å². The first-order valence-corrected chi connectivity index (χ1v) is 2.72. The van der Waals surface area contributed by atoms with Gasteiger partial charge in [-0.3, -0.25) is 4.99 Å². The molecule has 4 nitrogen and oxygen atoms in total. The number of nitrogens with two attached hydrogens (primary N) is 2. The van der Waals surface area contributed by atoms with Crippen LogP contribution in [0, 0.1) is 0 Å². The molecule has 0 aromatic carbocycles. The van der Waals surface area contributed by atoms with Gasteiger partial charge in [-0.15, -0.1) is 0 Å². The largest absolute Gasteiger partial charge is 0.398 e. The second kappa shape index (κ2) is 2.06. The van der Waals surface area contributed by atoms with Gasteiger partial charge in [-0.25, -0.2) is 0 Å². The molecule has 0 aromatic heterocycles. The normalized spacial score (nSPS) is 26.2. The lowest BCUT2D eigenvalue weighted by molar-refractivity contribution is 0.761. The number of hydrogen-bond donors (Lipinski definition) is 3. The molecule has 4 heteroatoms. The molecule has 0 amide bonds. The number of aliphatic imine (C=N–C) groups is 1. The molecule has 1 rings (SSSR count). The Labute approximate surface area is 53.6 Å². The van der Waals surface area contributed by atoms with Crippen LogP contribution in [0.15, 0.2) is 16.4 Å². The van der Waals surface area contributed by atoms with E-state index < -0.39 is 0 Å². The van der Waals surface area contributed by atoms with E-state index in [2.05, 4.69) is 10.3 Å². The van der Waals surface area contributed by atoms with Crippen LogP contribution in [-0.2, 0) is 0 Å². The number of nitrogens with zero attached hydrogens (tertiary/aromatic N) is 1. The molecule has 1 unspecified atom stereocenters. The molecule has 0 fully saturated rings. The van der Waals surface area contributed by atoms with Crippen LogP contribution in [0.25, 0.3) is 0 Å². The van der Waals surface area contributed by atoms with E-state index in [1.54, 1.807) is 6.34 Å². The van der Waals surface area contributed by atoms with E-state index in [4.69, 9.17) is 11.5 Å². The molecular weight excluding hydrogens is 116 g/mol. The third kappa shape index (κ3) is 1.02. The molecule has 9 heavy (non-hydrogen) atoms. The number of nitrogens with one attached hydrogen (secondary N) is 1. The monoisotopic (exact) mass is 126 g/mol. The molecule has 0 aliphatic carbocycles. The minimum absolute atomic E-state index is 0.355. The highest BCUT2D eigenvalue weighted by Crippen LogP contribution is 2.01. The van der Waals surface area contributed by atoms with Gasteiger partial charge in [-0.2, -0.15) is 0 Å². The Morgan fingerprint density at radius 3 is 2.89 bits per heavy atom. The Morgan fingerprint density at radius 2 is 2.44 bits per heavy atom. The second-order valence-electron chi connectivity index (χ2n) is 1.95. The zero-order chi connectivity index (χ0) is 6.85. The molecule has 0 spiro atoms. The number of hydrogen-bond acceptors (Lipinski definition) is 4. The Kier molecular flexibility index (Phi) is 1.40. The molecule has 1 atom stereocenters. The van der Waals surface area contributed by atoms with E-state index in [1.165, 1.54) is 0 Å². The van der Waals surface area contributed by atoms with Gasteiger partial charge in [-0.05, 0) is 6.92 Å². The molecule has 50 valence electrons. The van der Waals surface area contributed by atoms with Crippen molar-refractivity contribution < 1.29 is 0 Å². The van der Waals surface area contributed by atoms with Gasteiger partial charge in [0.2, 0.25) is 0 Å². The summed E-state index contributed by atoms with van der Waals surface area (Å²) in [6.45, 7) is 1.86. The third-order valence-electron chi connectivity index (χ3n) is 1.27. The van der Waals surface area contributed by atoms with Gasteiger partial charge in [0.1, 0.15) is 6.17 Å². The molecule has 0 radical (unpaired) electrons. The lowest BCUT2D eigenvalue weighted by atomic mass is 10.3. The van der Waals surface area contributed by atoms with Crippen molar-refractivity contribution >= 4 is 6.34 Å². The maximum absolute atomic E-state index is 5.50. The highest BCUT2D eigenvalue weighted by atomic mass is 15.1. The first kappa shape index (κ1) is 6.10. The molecule has 1 aliphatic rings. The molecular formula is C5H10N4. The van der Waals surface area contributed by atoms with Crippen molar-refractivity contribution in [2.45, 2.75) is 13.1 Å². The van der Waals surface area contributed by atoms with Gasteiger partial charge >= 0.3 is 0 Å². The van der Waals surface area contributed by atoms with Crippen molar-refractivity contribution in [2.24, 2.45) is 16.5 Å². The van der Waals surface area contributed by atoms with Gasteiger partial charge in [0.05, 0.1) is 12.0 Å². The summed E-state index contributed by atoms with van der Waals surface area (Å²) in [4.78, 5) is 3.82. The smallest absolute Gasteiger partial charge is 0.140 e. The first-order valence-electron chi connectivity index (χ1n) is 2.72.